The maximum absolute atomic E-state index is 11.9. The predicted octanol–water partition coefficient (Wildman–Crippen LogP) is 1.30. The van der Waals surface area contributed by atoms with Crippen LogP contribution < -0.4 is 5.32 Å². The lowest BCUT2D eigenvalue weighted by molar-refractivity contribution is -0.149. The van der Waals surface area contributed by atoms with Crippen LogP contribution in [0.4, 0.5) is 4.79 Å². The number of urea groups is 1. The number of amides is 2. The first kappa shape index (κ1) is 15.8. The molecule has 0 spiro atoms. The highest BCUT2D eigenvalue weighted by Crippen LogP contribution is 2.19. The number of carbonyl (C=O) groups excluding carboxylic acids is 1. The van der Waals surface area contributed by atoms with E-state index in [1.165, 1.54) is 0 Å². The van der Waals surface area contributed by atoms with Crippen molar-refractivity contribution < 1.29 is 19.4 Å². The van der Waals surface area contributed by atoms with Gasteiger partial charge in [-0.1, -0.05) is 13.8 Å². The number of nitrogens with zero attached hydrogens (tertiary/aromatic N) is 1. The van der Waals surface area contributed by atoms with Crippen LogP contribution in [0.25, 0.3) is 0 Å². The van der Waals surface area contributed by atoms with Crippen molar-refractivity contribution in [2.45, 2.75) is 51.9 Å². The third-order valence-electron chi connectivity index (χ3n) is 3.76. The molecule has 1 heterocycles. The van der Waals surface area contributed by atoms with Crippen molar-refractivity contribution in [3.05, 3.63) is 0 Å². The van der Waals surface area contributed by atoms with E-state index in [0.29, 0.717) is 25.3 Å². The molecule has 2 N–H and O–H groups in total. The summed E-state index contributed by atoms with van der Waals surface area (Å²) in [6.07, 6.45) is 0.247. The molecule has 1 aliphatic heterocycles. The fraction of sp³-hybridized carbons (Fsp3) is 0.846. The van der Waals surface area contributed by atoms with Crippen LogP contribution in [0.15, 0.2) is 0 Å². The van der Waals surface area contributed by atoms with Crippen LogP contribution in [-0.4, -0.2) is 53.8 Å². The van der Waals surface area contributed by atoms with Crippen LogP contribution in [0, 0.1) is 5.92 Å². The van der Waals surface area contributed by atoms with E-state index in [2.05, 4.69) is 19.2 Å². The second-order valence-corrected chi connectivity index (χ2v) is 5.44. The molecule has 110 valence electrons. The van der Waals surface area contributed by atoms with Gasteiger partial charge in [0, 0.05) is 19.6 Å². The lowest BCUT2D eigenvalue weighted by atomic mass is 10.1. The van der Waals surface area contributed by atoms with E-state index in [-0.39, 0.29) is 18.2 Å². The Kier molecular flexibility index (Phi) is 5.60. The normalized spacial score (nSPS) is 24.3. The monoisotopic (exact) mass is 272 g/mol. The van der Waals surface area contributed by atoms with E-state index < -0.39 is 12.1 Å². The molecular weight excluding hydrogens is 248 g/mol. The molecule has 0 aromatic carbocycles. The summed E-state index contributed by atoms with van der Waals surface area (Å²) in [6, 6.07) is -0.000149. The fourth-order valence-corrected chi connectivity index (χ4v) is 2.00. The Morgan fingerprint density at radius 3 is 2.47 bits per heavy atom. The standard InChI is InChI=1S/C13H24N2O4/c1-8(2)9(3)15(4)13(18)14-7-10-5-6-11(19-10)12(16)17/h8-11H,5-7H2,1-4H3,(H,14,18)(H,16,17). The number of nitrogens with one attached hydrogen (secondary N) is 1. The third-order valence-corrected chi connectivity index (χ3v) is 3.76. The molecule has 1 saturated heterocycles. The summed E-state index contributed by atoms with van der Waals surface area (Å²) >= 11 is 0. The summed E-state index contributed by atoms with van der Waals surface area (Å²) in [5, 5.41) is 11.6. The van der Waals surface area contributed by atoms with E-state index in [4.69, 9.17) is 9.84 Å². The zero-order valence-corrected chi connectivity index (χ0v) is 12.0. The minimum absolute atomic E-state index is 0.149. The maximum Gasteiger partial charge on any atom is 0.332 e. The Balaban J connectivity index is 2.33. The summed E-state index contributed by atoms with van der Waals surface area (Å²) in [5.41, 5.74) is 0. The number of aliphatic carboxylic acids is 1. The van der Waals surface area contributed by atoms with Crippen LogP contribution in [0.1, 0.15) is 33.6 Å². The average molecular weight is 272 g/mol. The molecule has 19 heavy (non-hydrogen) atoms. The minimum Gasteiger partial charge on any atom is -0.479 e. The molecule has 2 amide bonds. The molecule has 6 nitrogen and oxygen atoms in total. The highest BCUT2D eigenvalue weighted by atomic mass is 16.5. The van der Waals surface area contributed by atoms with Gasteiger partial charge in [-0.25, -0.2) is 9.59 Å². The summed E-state index contributed by atoms with van der Waals surface area (Å²) in [7, 11) is 1.76. The molecular formula is C13H24N2O4. The highest BCUT2D eigenvalue weighted by molar-refractivity contribution is 5.74. The molecule has 0 radical (unpaired) electrons. The van der Waals surface area contributed by atoms with E-state index in [9.17, 15) is 9.59 Å². The minimum atomic E-state index is -0.931. The van der Waals surface area contributed by atoms with Gasteiger partial charge in [0.1, 0.15) is 0 Å². The highest BCUT2D eigenvalue weighted by Gasteiger charge is 2.30. The zero-order chi connectivity index (χ0) is 14.6. The van der Waals surface area contributed by atoms with Crippen LogP contribution in [0.3, 0.4) is 0 Å². The number of hydrogen-bond acceptors (Lipinski definition) is 3. The van der Waals surface area contributed by atoms with Gasteiger partial charge in [0.25, 0.3) is 0 Å². The van der Waals surface area contributed by atoms with Crippen LogP contribution in [-0.2, 0) is 9.53 Å². The smallest absolute Gasteiger partial charge is 0.332 e. The third kappa shape index (κ3) is 4.38. The van der Waals surface area contributed by atoms with E-state index in [1.807, 2.05) is 6.92 Å². The Labute approximate surface area is 114 Å². The second-order valence-electron chi connectivity index (χ2n) is 5.44. The Hall–Kier alpha value is -1.30. The SMILES string of the molecule is CC(C)C(C)N(C)C(=O)NCC1CCC(C(=O)O)O1. The molecule has 1 fully saturated rings. The Bertz CT molecular complexity index is 333. The average Bonchev–Trinajstić information content (AvgIpc) is 2.82. The molecule has 1 rings (SSSR count). The molecule has 0 aromatic rings. The Morgan fingerprint density at radius 2 is 2.00 bits per heavy atom. The van der Waals surface area contributed by atoms with E-state index >= 15 is 0 Å². The van der Waals surface area contributed by atoms with Gasteiger partial charge >= 0.3 is 12.0 Å². The molecule has 0 saturated carbocycles. The molecule has 0 aliphatic carbocycles. The van der Waals surface area contributed by atoms with Crippen molar-refractivity contribution in [2.24, 2.45) is 5.92 Å². The van der Waals surface area contributed by atoms with Crippen LogP contribution >= 0.6 is 0 Å². The van der Waals surface area contributed by atoms with Crippen molar-refractivity contribution >= 4 is 12.0 Å². The van der Waals surface area contributed by atoms with Crippen molar-refractivity contribution in [1.82, 2.24) is 10.2 Å². The lowest BCUT2D eigenvalue weighted by Gasteiger charge is -2.28. The predicted molar refractivity (Wildman–Crippen MR) is 71.0 cm³/mol. The number of carboxylic acid groups (broad SMARTS) is 1. The van der Waals surface area contributed by atoms with E-state index in [0.717, 1.165) is 0 Å². The molecule has 3 atom stereocenters. The van der Waals surface area contributed by atoms with Crippen molar-refractivity contribution in [3.8, 4) is 0 Å². The molecule has 0 aromatic heterocycles. The first-order valence-electron chi connectivity index (χ1n) is 6.71. The lowest BCUT2D eigenvalue weighted by Crippen LogP contribution is -2.46. The number of rotatable bonds is 5. The number of hydrogen-bond donors (Lipinski definition) is 2. The number of ether oxygens (including phenoxy) is 1. The number of carboxylic acids is 1. The zero-order valence-electron chi connectivity index (χ0n) is 12.0. The van der Waals surface area contributed by atoms with Gasteiger partial charge in [-0.3, -0.25) is 0 Å². The second kappa shape index (κ2) is 6.75. The molecule has 6 heteroatoms. The first-order chi connectivity index (χ1) is 8.82. The summed E-state index contributed by atoms with van der Waals surface area (Å²) < 4.78 is 5.33. The fourth-order valence-electron chi connectivity index (χ4n) is 2.00. The van der Waals surface area contributed by atoms with Crippen LogP contribution in [0.5, 0.6) is 0 Å². The van der Waals surface area contributed by atoms with Gasteiger partial charge in [0.05, 0.1) is 6.10 Å². The maximum atomic E-state index is 11.9. The van der Waals surface area contributed by atoms with Gasteiger partial charge in [0.2, 0.25) is 0 Å². The summed E-state index contributed by atoms with van der Waals surface area (Å²) in [4.78, 5) is 24.3. The number of carbonyl (C=O) groups is 2. The van der Waals surface area contributed by atoms with Gasteiger partial charge in [-0.15, -0.1) is 0 Å². The molecule has 0 bridgehead atoms. The van der Waals surface area contributed by atoms with Crippen molar-refractivity contribution in [2.75, 3.05) is 13.6 Å². The van der Waals surface area contributed by atoms with Gasteiger partial charge in [-0.2, -0.15) is 0 Å². The van der Waals surface area contributed by atoms with Gasteiger partial charge in [0.15, 0.2) is 6.10 Å². The topological polar surface area (TPSA) is 78.9 Å². The van der Waals surface area contributed by atoms with Gasteiger partial charge in [-0.05, 0) is 25.7 Å². The molecule has 3 unspecified atom stereocenters. The largest absolute Gasteiger partial charge is 0.479 e. The van der Waals surface area contributed by atoms with Gasteiger partial charge < -0.3 is 20.1 Å². The Morgan fingerprint density at radius 1 is 1.37 bits per heavy atom. The summed E-state index contributed by atoms with van der Waals surface area (Å²) in [5.74, 6) is -0.547. The van der Waals surface area contributed by atoms with Crippen LogP contribution in [0.2, 0.25) is 0 Å². The molecule has 1 aliphatic rings. The van der Waals surface area contributed by atoms with Crippen molar-refractivity contribution in [1.29, 1.82) is 0 Å². The quantitative estimate of drug-likeness (QED) is 0.790. The first-order valence-corrected chi connectivity index (χ1v) is 6.71. The summed E-state index contributed by atoms with van der Waals surface area (Å²) in [6.45, 7) is 6.48. The van der Waals surface area contributed by atoms with Crippen molar-refractivity contribution in [3.63, 3.8) is 0 Å². The van der Waals surface area contributed by atoms with E-state index in [1.54, 1.807) is 11.9 Å².